The van der Waals surface area contributed by atoms with Gasteiger partial charge in [-0.25, -0.2) is 8.42 Å². The standard InChI is InChI=1S/C29H35N3O4S/c1-5-23(3)30-29(34)24(4)31(20-25-15-8-6-9-16-25)28(33)21-32(27-19-13-12-14-22(27)2)37(35,36)26-17-10-7-11-18-26/h6-19,23-24H,5,20-21H2,1-4H3,(H,30,34). The van der Waals surface area contributed by atoms with Gasteiger partial charge in [-0.15, -0.1) is 0 Å². The van der Waals surface area contributed by atoms with E-state index in [1.807, 2.05) is 50.2 Å². The lowest BCUT2D eigenvalue weighted by Crippen LogP contribution is -2.52. The second kappa shape index (κ2) is 12.5. The van der Waals surface area contributed by atoms with Crippen LogP contribution in [0.4, 0.5) is 5.69 Å². The lowest BCUT2D eigenvalue weighted by molar-refractivity contribution is -0.139. The summed E-state index contributed by atoms with van der Waals surface area (Å²) in [6.45, 7) is 7.06. The minimum Gasteiger partial charge on any atom is -0.352 e. The van der Waals surface area contributed by atoms with Crippen LogP contribution in [0.2, 0.25) is 0 Å². The molecule has 0 fully saturated rings. The lowest BCUT2D eigenvalue weighted by atomic mass is 10.1. The van der Waals surface area contributed by atoms with Crippen molar-refractivity contribution >= 4 is 27.5 Å². The number of sulfonamides is 1. The van der Waals surface area contributed by atoms with Crippen molar-refractivity contribution in [2.75, 3.05) is 10.8 Å². The van der Waals surface area contributed by atoms with Gasteiger partial charge in [0.05, 0.1) is 10.6 Å². The largest absolute Gasteiger partial charge is 0.352 e. The van der Waals surface area contributed by atoms with Gasteiger partial charge >= 0.3 is 0 Å². The van der Waals surface area contributed by atoms with Crippen molar-refractivity contribution in [3.05, 3.63) is 96.1 Å². The van der Waals surface area contributed by atoms with Crippen molar-refractivity contribution in [3.63, 3.8) is 0 Å². The molecule has 0 saturated heterocycles. The number of hydrogen-bond acceptors (Lipinski definition) is 4. The Kier molecular flexibility index (Phi) is 9.47. The molecule has 0 radical (unpaired) electrons. The molecule has 8 heteroatoms. The Hall–Kier alpha value is -3.65. The second-order valence-corrected chi connectivity index (χ2v) is 11.0. The van der Waals surface area contributed by atoms with Crippen LogP contribution in [0.15, 0.2) is 89.8 Å². The summed E-state index contributed by atoms with van der Waals surface area (Å²) in [5.41, 5.74) is 1.97. The molecule has 3 rings (SSSR count). The third-order valence-corrected chi connectivity index (χ3v) is 8.13. The molecule has 2 atom stereocenters. The fourth-order valence-electron chi connectivity index (χ4n) is 3.90. The number of para-hydroxylation sites is 1. The molecule has 0 spiro atoms. The van der Waals surface area contributed by atoms with Crippen LogP contribution < -0.4 is 9.62 Å². The number of benzene rings is 3. The van der Waals surface area contributed by atoms with Crippen LogP contribution in [0.3, 0.4) is 0 Å². The Balaban J connectivity index is 2.01. The Labute approximate surface area is 220 Å². The van der Waals surface area contributed by atoms with Crippen molar-refractivity contribution in [2.45, 2.75) is 57.6 Å². The molecule has 3 aromatic carbocycles. The van der Waals surface area contributed by atoms with E-state index in [4.69, 9.17) is 0 Å². The summed E-state index contributed by atoms with van der Waals surface area (Å²) in [6.07, 6.45) is 0.751. The normalized spacial score (nSPS) is 12.9. The molecule has 0 aliphatic heterocycles. The van der Waals surface area contributed by atoms with Crippen LogP contribution in [0.5, 0.6) is 0 Å². The predicted molar refractivity (Wildman–Crippen MR) is 147 cm³/mol. The van der Waals surface area contributed by atoms with Gasteiger partial charge in [0.1, 0.15) is 12.6 Å². The number of rotatable bonds is 11. The van der Waals surface area contributed by atoms with Crippen LogP contribution in [0, 0.1) is 6.92 Å². The third-order valence-electron chi connectivity index (χ3n) is 6.36. The summed E-state index contributed by atoms with van der Waals surface area (Å²) in [5, 5.41) is 2.94. The first-order valence-corrected chi connectivity index (χ1v) is 13.9. The second-order valence-electron chi connectivity index (χ2n) is 9.11. The molecule has 2 amide bonds. The van der Waals surface area contributed by atoms with E-state index < -0.39 is 28.5 Å². The van der Waals surface area contributed by atoms with E-state index in [1.165, 1.54) is 17.0 Å². The number of nitrogens with one attached hydrogen (secondary N) is 1. The third kappa shape index (κ3) is 6.98. The van der Waals surface area contributed by atoms with E-state index in [-0.39, 0.29) is 23.4 Å². The van der Waals surface area contributed by atoms with Gasteiger partial charge in [-0.3, -0.25) is 13.9 Å². The van der Waals surface area contributed by atoms with E-state index in [9.17, 15) is 18.0 Å². The highest BCUT2D eigenvalue weighted by Crippen LogP contribution is 2.27. The molecule has 37 heavy (non-hydrogen) atoms. The molecular formula is C29H35N3O4S. The average Bonchev–Trinajstić information content (AvgIpc) is 2.91. The quantitative estimate of drug-likeness (QED) is 0.402. The fourth-order valence-corrected chi connectivity index (χ4v) is 5.40. The monoisotopic (exact) mass is 521 g/mol. The molecule has 196 valence electrons. The van der Waals surface area contributed by atoms with E-state index in [1.54, 1.807) is 50.2 Å². The first-order valence-electron chi connectivity index (χ1n) is 12.4. The average molecular weight is 522 g/mol. The number of aryl methyl sites for hydroxylation is 1. The number of nitrogens with zero attached hydrogens (tertiary/aromatic N) is 2. The van der Waals surface area contributed by atoms with E-state index in [0.717, 1.165) is 16.3 Å². The van der Waals surface area contributed by atoms with Crippen molar-refractivity contribution in [1.82, 2.24) is 10.2 Å². The summed E-state index contributed by atoms with van der Waals surface area (Å²) in [6, 6.07) is 23.6. The fraction of sp³-hybridized carbons (Fsp3) is 0.310. The molecule has 0 heterocycles. The van der Waals surface area contributed by atoms with Crippen LogP contribution in [-0.4, -0.2) is 43.8 Å². The topological polar surface area (TPSA) is 86.8 Å². The molecule has 3 aromatic rings. The highest BCUT2D eigenvalue weighted by atomic mass is 32.2. The minimum absolute atomic E-state index is 0.0504. The molecule has 0 bridgehead atoms. The highest BCUT2D eigenvalue weighted by Gasteiger charge is 2.33. The first kappa shape index (κ1) is 27.9. The lowest BCUT2D eigenvalue weighted by Gasteiger charge is -2.32. The highest BCUT2D eigenvalue weighted by molar-refractivity contribution is 7.92. The summed E-state index contributed by atoms with van der Waals surface area (Å²) in [7, 11) is -4.06. The van der Waals surface area contributed by atoms with Gasteiger partial charge in [-0.2, -0.15) is 0 Å². The Morgan fingerprint density at radius 1 is 0.865 bits per heavy atom. The van der Waals surface area contributed by atoms with E-state index in [0.29, 0.717) is 11.3 Å². The van der Waals surface area contributed by atoms with Crippen LogP contribution >= 0.6 is 0 Å². The zero-order chi connectivity index (χ0) is 27.0. The summed E-state index contributed by atoms with van der Waals surface area (Å²) in [5.74, 6) is -0.759. The van der Waals surface area contributed by atoms with Gasteiger partial charge in [-0.05, 0) is 56.5 Å². The molecule has 0 aliphatic carbocycles. The van der Waals surface area contributed by atoms with E-state index >= 15 is 0 Å². The summed E-state index contributed by atoms with van der Waals surface area (Å²) < 4.78 is 28.7. The van der Waals surface area contributed by atoms with Crippen molar-refractivity contribution in [1.29, 1.82) is 0 Å². The van der Waals surface area contributed by atoms with Crippen LogP contribution in [-0.2, 0) is 26.2 Å². The maximum atomic E-state index is 13.9. The molecular weight excluding hydrogens is 486 g/mol. The molecule has 0 saturated carbocycles. The zero-order valence-corrected chi connectivity index (χ0v) is 22.6. The zero-order valence-electron chi connectivity index (χ0n) is 21.8. The van der Waals surface area contributed by atoms with Crippen molar-refractivity contribution in [3.8, 4) is 0 Å². The van der Waals surface area contributed by atoms with Crippen LogP contribution in [0.1, 0.15) is 38.3 Å². The van der Waals surface area contributed by atoms with Gasteiger partial charge in [0.25, 0.3) is 10.0 Å². The summed E-state index contributed by atoms with van der Waals surface area (Å²) >= 11 is 0. The number of carbonyl (C=O) groups is 2. The molecule has 1 N–H and O–H groups in total. The smallest absolute Gasteiger partial charge is 0.264 e. The SMILES string of the molecule is CCC(C)NC(=O)C(C)N(Cc1ccccc1)C(=O)CN(c1ccccc1C)S(=O)(=O)c1ccccc1. The maximum Gasteiger partial charge on any atom is 0.264 e. The molecule has 7 nitrogen and oxygen atoms in total. The number of hydrogen-bond donors (Lipinski definition) is 1. The van der Waals surface area contributed by atoms with Gasteiger partial charge in [0.15, 0.2) is 0 Å². The molecule has 0 aromatic heterocycles. The van der Waals surface area contributed by atoms with Gasteiger partial charge in [0.2, 0.25) is 11.8 Å². The van der Waals surface area contributed by atoms with Gasteiger partial charge < -0.3 is 10.2 Å². The summed E-state index contributed by atoms with van der Waals surface area (Å²) in [4.78, 5) is 28.4. The van der Waals surface area contributed by atoms with Crippen molar-refractivity contribution in [2.24, 2.45) is 0 Å². The Morgan fingerprint density at radius 2 is 1.43 bits per heavy atom. The van der Waals surface area contributed by atoms with E-state index in [2.05, 4.69) is 5.32 Å². The maximum absolute atomic E-state index is 13.9. The number of amides is 2. The first-order chi connectivity index (χ1) is 17.6. The number of anilines is 1. The van der Waals surface area contributed by atoms with Crippen molar-refractivity contribution < 1.29 is 18.0 Å². The predicted octanol–water partition coefficient (Wildman–Crippen LogP) is 4.52. The van der Waals surface area contributed by atoms with Crippen LogP contribution in [0.25, 0.3) is 0 Å². The molecule has 2 unspecified atom stereocenters. The van der Waals surface area contributed by atoms with Gasteiger partial charge in [-0.1, -0.05) is 73.7 Å². The Morgan fingerprint density at radius 3 is 2.03 bits per heavy atom. The number of carbonyl (C=O) groups excluding carboxylic acids is 2. The van der Waals surface area contributed by atoms with Gasteiger partial charge in [0, 0.05) is 12.6 Å². The minimum atomic E-state index is -4.06. The molecule has 0 aliphatic rings. The Bertz CT molecular complexity index is 1300.